The molecule has 1 aliphatic heterocycles. The summed E-state index contributed by atoms with van der Waals surface area (Å²) in [7, 11) is 0. The van der Waals surface area contributed by atoms with E-state index >= 15 is 0 Å². The van der Waals surface area contributed by atoms with Crippen molar-refractivity contribution in [2.24, 2.45) is 5.92 Å². The first-order chi connectivity index (χ1) is 12.3. The van der Waals surface area contributed by atoms with Gasteiger partial charge in [-0.05, 0) is 43.7 Å². The Morgan fingerprint density at radius 3 is 2.92 bits per heavy atom. The Kier molecular flexibility index (Phi) is 4.41. The maximum Gasteiger partial charge on any atom is 0.256 e. The lowest BCUT2D eigenvalue weighted by atomic mass is 9.95. The van der Waals surface area contributed by atoms with Gasteiger partial charge < -0.3 is 9.30 Å². The first kappa shape index (κ1) is 15.7. The van der Waals surface area contributed by atoms with Crippen LogP contribution in [0.15, 0.2) is 49.4 Å². The average Bonchev–Trinajstić information content (AvgIpc) is 3.02. The smallest absolute Gasteiger partial charge is 0.256 e. The highest BCUT2D eigenvalue weighted by Gasteiger charge is 2.22. The van der Waals surface area contributed by atoms with Gasteiger partial charge in [-0.2, -0.15) is 0 Å². The Balaban J connectivity index is 1.43. The summed E-state index contributed by atoms with van der Waals surface area (Å²) < 4.78 is 2.12. The summed E-state index contributed by atoms with van der Waals surface area (Å²) in [5, 5.41) is 0. The summed E-state index contributed by atoms with van der Waals surface area (Å²) in [5.41, 5.74) is 2.90. The molecule has 1 atom stereocenters. The number of aromatic nitrogens is 4. The van der Waals surface area contributed by atoms with Crippen LogP contribution >= 0.6 is 0 Å². The Bertz CT molecular complexity index is 860. The Morgan fingerprint density at radius 1 is 1.16 bits per heavy atom. The number of carbonyl (C=O) groups excluding carboxylic acids is 1. The van der Waals surface area contributed by atoms with Crippen LogP contribution in [0.25, 0.3) is 5.52 Å². The normalized spacial score (nSPS) is 18.2. The highest BCUT2D eigenvalue weighted by atomic mass is 16.2. The Morgan fingerprint density at radius 2 is 2.04 bits per heavy atom. The van der Waals surface area contributed by atoms with Crippen LogP contribution in [0.4, 0.5) is 0 Å². The van der Waals surface area contributed by atoms with Crippen LogP contribution in [0.2, 0.25) is 0 Å². The van der Waals surface area contributed by atoms with Gasteiger partial charge in [0.2, 0.25) is 0 Å². The first-order valence-corrected chi connectivity index (χ1v) is 8.76. The van der Waals surface area contributed by atoms with Crippen molar-refractivity contribution in [1.29, 1.82) is 0 Å². The van der Waals surface area contributed by atoms with Crippen LogP contribution in [0, 0.1) is 5.92 Å². The average molecular weight is 335 g/mol. The minimum absolute atomic E-state index is 0.0352. The second-order valence-corrected chi connectivity index (χ2v) is 6.60. The molecule has 3 aromatic heterocycles. The zero-order chi connectivity index (χ0) is 17.1. The summed E-state index contributed by atoms with van der Waals surface area (Å²) >= 11 is 0. The maximum absolute atomic E-state index is 12.6. The van der Waals surface area contributed by atoms with E-state index in [0.29, 0.717) is 11.5 Å². The Labute approximate surface area is 146 Å². The van der Waals surface area contributed by atoms with Gasteiger partial charge >= 0.3 is 0 Å². The zero-order valence-electron chi connectivity index (χ0n) is 14.1. The van der Waals surface area contributed by atoms with Crippen LogP contribution in [0.5, 0.6) is 0 Å². The van der Waals surface area contributed by atoms with Gasteiger partial charge in [0.25, 0.3) is 5.91 Å². The van der Waals surface area contributed by atoms with E-state index in [-0.39, 0.29) is 5.91 Å². The number of carbonyl (C=O) groups is 1. The van der Waals surface area contributed by atoms with E-state index in [1.165, 1.54) is 11.8 Å². The van der Waals surface area contributed by atoms with Crippen molar-refractivity contribution in [2.45, 2.75) is 25.7 Å². The molecule has 25 heavy (non-hydrogen) atoms. The molecule has 0 N–H and O–H groups in total. The van der Waals surface area contributed by atoms with Gasteiger partial charge in [-0.3, -0.25) is 9.78 Å². The minimum atomic E-state index is 0.0352. The molecule has 1 fully saturated rings. The molecule has 4 rings (SSSR count). The monoisotopic (exact) mass is 335 g/mol. The van der Waals surface area contributed by atoms with E-state index in [2.05, 4.69) is 37.7 Å². The predicted molar refractivity (Wildman–Crippen MR) is 94.2 cm³/mol. The lowest BCUT2D eigenvalue weighted by Gasteiger charge is -2.20. The first-order valence-electron chi connectivity index (χ1n) is 8.76. The van der Waals surface area contributed by atoms with Crippen molar-refractivity contribution in [3.8, 4) is 0 Å². The van der Waals surface area contributed by atoms with Crippen molar-refractivity contribution in [1.82, 2.24) is 24.3 Å². The second-order valence-electron chi connectivity index (χ2n) is 6.60. The predicted octanol–water partition coefficient (Wildman–Crippen LogP) is 2.61. The molecule has 0 bridgehead atoms. The maximum atomic E-state index is 12.6. The van der Waals surface area contributed by atoms with Crippen molar-refractivity contribution in [2.75, 3.05) is 13.1 Å². The van der Waals surface area contributed by atoms with Gasteiger partial charge in [-0.25, -0.2) is 9.97 Å². The van der Waals surface area contributed by atoms with Crippen LogP contribution in [0.3, 0.4) is 0 Å². The van der Waals surface area contributed by atoms with E-state index in [0.717, 1.165) is 44.5 Å². The van der Waals surface area contributed by atoms with Crippen molar-refractivity contribution >= 4 is 11.4 Å². The van der Waals surface area contributed by atoms with E-state index in [1.807, 2.05) is 17.3 Å². The molecule has 0 radical (unpaired) electrons. The van der Waals surface area contributed by atoms with Gasteiger partial charge in [0, 0.05) is 44.1 Å². The number of likely N-dealkylation sites (tertiary alicyclic amines) is 1. The molecular weight excluding hydrogens is 314 g/mol. The second kappa shape index (κ2) is 7.01. The third kappa shape index (κ3) is 3.38. The number of hydrogen-bond donors (Lipinski definition) is 0. The third-order valence-corrected chi connectivity index (χ3v) is 4.96. The van der Waals surface area contributed by atoms with Crippen molar-refractivity contribution < 1.29 is 4.79 Å². The molecule has 1 aliphatic rings. The number of fused-ring (bicyclic) bond motifs is 1. The zero-order valence-corrected chi connectivity index (χ0v) is 14.1. The lowest BCUT2D eigenvalue weighted by Crippen LogP contribution is -2.32. The van der Waals surface area contributed by atoms with Crippen molar-refractivity contribution in [3.05, 3.63) is 60.7 Å². The molecule has 0 spiro atoms. The van der Waals surface area contributed by atoms with Gasteiger partial charge in [0.15, 0.2) is 0 Å². The highest BCUT2D eigenvalue weighted by Crippen LogP contribution is 2.24. The minimum Gasteiger partial charge on any atom is -0.339 e. The van der Waals surface area contributed by atoms with Crippen molar-refractivity contribution in [3.63, 3.8) is 0 Å². The highest BCUT2D eigenvalue weighted by molar-refractivity contribution is 5.93. The van der Waals surface area contributed by atoms with Gasteiger partial charge in [-0.15, -0.1) is 0 Å². The molecular formula is C19H21N5O. The van der Waals surface area contributed by atoms with E-state index in [4.69, 9.17) is 0 Å². The molecule has 4 heterocycles. The summed E-state index contributed by atoms with van der Waals surface area (Å²) in [6, 6.07) is 4.17. The molecule has 3 aromatic rings. The van der Waals surface area contributed by atoms with Crippen LogP contribution in [-0.2, 0) is 6.42 Å². The third-order valence-electron chi connectivity index (χ3n) is 4.96. The molecule has 1 saturated heterocycles. The molecule has 128 valence electrons. The standard InChI is InChI=1S/C19H21N5O/c25-19(16-12-20-14-21-13-16)24-8-1-3-15(5-9-24)11-17-18-4-2-7-23(18)10-6-22-17/h2,4,6-7,10,12-15H,1,3,5,8-9,11H2/t15-/m1/s1. The molecule has 0 unspecified atom stereocenters. The molecule has 6 heteroatoms. The Hall–Kier alpha value is -2.76. The fourth-order valence-corrected chi connectivity index (χ4v) is 3.63. The lowest BCUT2D eigenvalue weighted by molar-refractivity contribution is 0.0759. The molecule has 6 nitrogen and oxygen atoms in total. The summed E-state index contributed by atoms with van der Waals surface area (Å²) in [5.74, 6) is 0.589. The van der Waals surface area contributed by atoms with E-state index in [9.17, 15) is 4.79 Å². The molecule has 0 saturated carbocycles. The quantitative estimate of drug-likeness (QED) is 0.738. The topological polar surface area (TPSA) is 63.4 Å². The fraction of sp³-hybridized carbons (Fsp3) is 0.368. The van der Waals surface area contributed by atoms with Crippen LogP contribution in [0.1, 0.15) is 35.3 Å². The van der Waals surface area contributed by atoms with E-state index in [1.54, 1.807) is 12.4 Å². The fourth-order valence-electron chi connectivity index (χ4n) is 3.63. The summed E-state index contributed by atoms with van der Waals surface area (Å²) in [6.07, 6.45) is 14.6. The van der Waals surface area contributed by atoms with Gasteiger partial charge in [-0.1, -0.05) is 0 Å². The number of nitrogens with zero attached hydrogens (tertiary/aromatic N) is 5. The van der Waals surface area contributed by atoms with Crippen LogP contribution < -0.4 is 0 Å². The largest absolute Gasteiger partial charge is 0.339 e. The summed E-state index contributed by atoms with van der Waals surface area (Å²) in [6.45, 7) is 1.58. The van der Waals surface area contributed by atoms with E-state index < -0.39 is 0 Å². The number of rotatable bonds is 3. The number of amides is 1. The van der Waals surface area contributed by atoms with Gasteiger partial charge in [0.1, 0.15) is 6.33 Å². The SMILES string of the molecule is O=C(c1cncnc1)N1CCC[C@@H](Cc2nccn3cccc23)CC1. The molecule has 1 amide bonds. The molecule has 0 aromatic carbocycles. The van der Waals surface area contributed by atoms with Gasteiger partial charge in [0.05, 0.1) is 16.8 Å². The van der Waals surface area contributed by atoms with Crippen LogP contribution in [-0.4, -0.2) is 43.2 Å². The summed E-state index contributed by atoms with van der Waals surface area (Å²) in [4.78, 5) is 27.0. The molecule has 0 aliphatic carbocycles. The number of hydrogen-bond acceptors (Lipinski definition) is 4.